The Morgan fingerprint density at radius 3 is 2.50 bits per heavy atom. The van der Waals surface area contributed by atoms with E-state index in [-0.39, 0.29) is 6.61 Å². The monoisotopic (exact) mass is 204 g/mol. The second kappa shape index (κ2) is 8.93. The molecular weight excluding hydrogens is 184 g/mol. The molecule has 5 heteroatoms. The van der Waals surface area contributed by atoms with E-state index in [1.807, 2.05) is 0 Å². The van der Waals surface area contributed by atoms with Gasteiger partial charge in [0.1, 0.15) is 6.04 Å². The summed E-state index contributed by atoms with van der Waals surface area (Å²) in [4.78, 5) is 10.5. The SMILES string of the molecule is CCCCOCCOCC(N)C(N)=O. The maximum absolute atomic E-state index is 10.5. The highest BCUT2D eigenvalue weighted by Gasteiger charge is 2.07. The van der Waals surface area contributed by atoms with Crippen molar-refractivity contribution in [2.75, 3.05) is 26.4 Å². The summed E-state index contributed by atoms with van der Waals surface area (Å²) in [6, 6.07) is -0.717. The number of hydrogen-bond acceptors (Lipinski definition) is 4. The van der Waals surface area contributed by atoms with Gasteiger partial charge in [-0.1, -0.05) is 13.3 Å². The van der Waals surface area contributed by atoms with Crippen molar-refractivity contribution in [2.45, 2.75) is 25.8 Å². The van der Waals surface area contributed by atoms with Crippen LogP contribution in [0.3, 0.4) is 0 Å². The van der Waals surface area contributed by atoms with Crippen molar-refractivity contribution >= 4 is 5.91 Å². The van der Waals surface area contributed by atoms with Gasteiger partial charge >= 0.3 is 0 Å². The summed E-state index contributed by atoms with van der Waals surface area (Å²) in [5.74, 6) is -0.545. The van der Waals surface area contributed by atoms with Crippen molar-refractivity contribution in [1.82, 2.24) is 0 Å². The summed E-state index contributed by atoms with van der Waals surface area (Å²) in [5.41, 5.74) is 10.3. The molecule has 0 aliphatic carbocycles. The molecule has 0 aromatic carbocycles. The lowest BCUT2D eigenvalue weighted by atomic mass is 10.3. The molecule has 5 nitrogen and oxygen atoms in total. The number of amides is 1. The second-order valence-electron chi connectivity index (χ2n) is 3.05. The van der Waals surface area contributed by atoms with Gasteiger partial charge < -0.3 is 20.9 Å². The predicted octanol–water partition coefficient (Wildman–Crippen LogP) is -0.368. The first-order chi connectivity index (χ1) is 6.68. The van der Waals surface area contributed by atoms with E-state index in [0.29, 0.717) is 13.2 Å². The second-order valence-corrected chi connectivity index (χ2v) is 3.05. The quantitative estimate of drug-likeness (QED) is 0.502. The third-order valence-corrected chi connectivity index (χ3v) is 1.68. The van der Waals surface area contributed by atoms with Crippen molar-refractivity contribution in [3.05, 3.63) is 0 Å². The average molecular weight is 204 g/mol. The molecule has 0 aromatic rings. The zero-order valence-electron chi connectivity index (χ0n) is 8.70. The maximum Gasteiger partial charge on any atom is 0.236 e. The molecule has 1 amide bonds. The number of unbranched alkanes of at least 4 members (excludes halogenated alkanes) is 1. The molecule has 84 valence electrons. The van der Waals surface area contributed by atoms with Gasteiger partial charge in [0.2, 0.25) is 5.91 Å². The predicted molar refractivity (Wildman–Crippen MR) is 53.7 cm³/mol. The Bertz CT molecular complexity index is 153. The molecule has 0 spiro atoms. The minimum Gasteiger partial charge on any atom is -0.379 e. The van der Waals surface area contributed by atoms with E-state index < -0.39 is 11.9 Å². The van der Waals surface area contributed by atoms with E-state index in [0.717, 1.165) is 19.4 Å². The first-order valence-electron chi connectivity index (χ1n) is 4.88. The van der Waals surface area contributed by atoms with Crippen LogP contribution in [0.5, 0.6) is 0 Å². The standard InChI is InChI=1S/C9H20N2O3/c1-2-3-4-13-5-6-14-7-8(10)9(11)12/h8H,2-7,10H2,1H3,(H2,11,12). The van der Waals surface area contributed by atoms with Crippen LogP contribution in [0.4, 0.5) is 0 Å². The first-order valence-corrected chi connectivity index (χ1v) is 4.88. The van der Waals surface area contributed by atoms with E-state index in [1.54, 1.807) is 0 Å². The zero-order chi connectivity index (χ0) is 10.8. The normalized spacial score (nSPS) is 12.7. The fraction of sp³-hybridized carbons (Fsp3) is 0.889. The van der Waals surface area contributed by atoms with E-state index in [9.17, 15) is 4.79 Å². The Balaban J connectivity index is 3.09. The molecule has 0 aliphatic heterocycles. The number of primary amides is 1. The molecule has 0 heterocycles. The summed E-state index contributed by atoms with van der Waals surface area (Å²) in [5, 5.41) is 0. The molecule has 0 rings (SSSR count). The largest absolute Gasteiger partial charge is 0.379 e. The fourth-order valence-corrected chi connectivity index (χ4v) is 0.759. The molecule has 0 saturated carbocycles. The Morgan fingerprint density at radius 1 is 1.29 bits per heavy atom. The van der Waals surface area contributed by atoms with Crippen LogP contribution in [0.15, 0.2) is 0 Å². The number of nitrogens with two attached hydrogens (primary N) is 2. The van der Waals surface area contributed by atoms with Crippen molar-refractivity contribution in [1.29, 1.82) is 0 Å². The molecule has 0 fully saturated rings. The first kappa shape index (κ1) is 13.4. The molecule has 0 bridgehead atoms. The van der Waals surface area contributed by atoms with Gasteiger partial charge in [-0.05, 0) is 6.42 Å². The van der Waals surface area contributed by atoms with Gasteiger partial charge in [0.15, 0.2) is 0 Å². The average Bonchev–Trinajstić information content (AvgIpc) is 2.16. The Hall–Kier alpha value is -0.650. The van der Waals surface area contributed by atoms with E-state index in [2.05, 4.69) is 6.92 Å². The van der Waals surface area contributed by atoms with Crippen LogP contribution >= 0.6 is 0 Å². The highest BCUT2D eigenvalue weighted by Crippen LogP contribution is 1.88. The number of carbonyl (C=O) groups is 1. The van der Waals surface area contributed by atoms with Gasteiger partial charge in [0.25, 0.3) is 0 Å². The lowest BCUT2D eigenvalue weighted by molar-refractivity contribution is -0.120. The van der Waals surface area contributed by atoms with Crippen LogP contribution in [0.25, 0.3) is 0 Å². The van der Waals surface area contributed by atoms with Gasteiger partial charge in [-0.3, -0.25) is 4.79 Å². The molecule has 1 atom stereocenters. The third-order valence-electron chi connectivity index (χ3n) is 1.68. The van der Waals surface area contributed by atoms with Gasteiger partial charge in [-0.15, -0.1) is 0 Å². The highest BCUT2D eigenvalue weighted by atomic mass is 16.5. The van der Waals surface area contributed by atoms with Crippen LogP contribution in [-0.2, 0) is 14.3 Å². The summed E-state index contributed by atoms with van der Waals surface area (Å²) in [6.45, 7) is 4.00. The molecule has 0 radical (unpaired) electrons. The maximum atomic E-state index is 10.5. The van der Waals surface area contributed by atoms with Crippen LogP contribution in [-0.4, -0.2) is 38.4 Å². The van der Waals surface area contributed by atoms with Gasteiger partial charge in [0, 0.05) is 6.61 Å². The molecule has 0 aliphatic rings. The van der Waals surface area contributed by atoms with E-state index >= 15 is 0 Å². The van der Waals surface area contributed by atoms with Crippen molar-refractivity contribution in [3.8, 4) is 0 Å². The highest BCUT2D eigenvalue weighted by molar-refractivity contribution is 5.79. The van der Waals surface area contributed by atoms with Gasteiger partial charge in [0.05, 0.1) is 19.8 Å². The lowest BCUT2D eigenvalue weighted by Crippen LogP contribution is -2.40. The van der Waals surface area contributed by atoms with Crippen molar-refractivity contribution < 1.29 is 14.3 Å². The topological polar surface area (TPSA) is 87.6 Å². The van der Waals surface area contributed by atoms with Crippen molar-refractivity contribution in [2.24, 2.45) is 11.5 Å². The van der Waals surface area contributed by atoms with Crippen LogP contribution < -0.4 is 11.5 Å². The molecule has 0 saturated heterocycles. The minimum atomic E-state index is -0.717. The summed E-state index contributed by atoms with van der Waals surface area (Å²) in [7, 11) is 0. The van der Waals surface area contributed by atoms with E-state index in [4.69, 9.17) is 20.9 Å². The number of carbonyl (C=O) groups excluding carboxylic acids is 1. The van der Waals surface area contributed by atoms with Crippen LogP contribution in [0, 0.1) is 0 Å². The minimum absolute atomic E-state index is 0.159. The smallest absolute Gasteiger partial charge is 0.236 e. The Kier molecular flexibility index (Phi) is 8.51. The summed E-state index contributed by atoms with van der Waals surface area (Å²) in [6.07, 6.45) is 2.17. The molecule has 4 N–H and O–H groups in total. The molecule has 14 heavy (non-hydrogen) atoms. The van der Waals surface area contributed by atoms with Crippen LogP contribution in [0.1, 0.15) is 19.8 Å². The van der Waals surface area contributed by atoms with Crippen LogP contribution in [0.2, 0.25) is 0 Å². The Morgan fingerprint density at radius 2 is 1.93 bits per heavy atom. The Labute approximate surface area is 84.7 Å². The fourth-order valence-electron chi connectivity index (χ4n) is 0.759. The van der Waals surface area contributed by atoms with Crippen molar-refractivity contribution in [3.63, 3.8) is 0 Å². The molecule has 0 aromatic heterocycles. The van der Waals surface area contributed by atoms with E-state index in [1.165, 1.54) is 0 Å². The zero-order valence-corrected chi connectivity index (χ0v) is 8.70. The molecular formula is C9H20N2O3. The molecule has 1 unspecified atom stereocenters. The lowest BCUT2D eigenvalue weighted by Gasteiger charge is -2.08. The summed E-state index contributed by atoms with van der Waals surface area (Å²) >= 11 is 0. The number of hydrogen-bond donors (Lipinski definition) is 2. The van der Waals surface area contributed by atoms with Gasteiger partial charge in [-0.25, -0.2) is 0 Å². The summed E-state index contributed by atoms with van der Waals surface area (Å²) < 4.78 is 10.3. The van der Waals surface area contributed by atoms with Gasteiger partial charge in [-0.2, -0.15) is 0 Å². The number of ether oxygens (including phenoxy) is 2. The third kappa shape index (κ3) is 7.97. The number of rotatable bonds is 9.